The average Bonchev–Trinajstić information content (AvgIpc) is 2.28. The fourth-order valence-corrected chi connectivity index (χ4v) is 1.76. The Morgan fingerprint density at radius 2 is 2.06 bits per heavy atom. The maximum atomic E-state index is 10.8. The first-order valence-electron chi connectivity index (χ1n) is 5.54. The lowest BCUT2D eigenvalue weighted by atomic mass is 9.92. The molecule has 0 spiro atoms. The molecule has 1 aromatic rings. The van der Waals surface area contributed by atoms with Crippen LogP contribution in [0.25, 0.3) is 0 Å². The smallest absolute Gasteiger partial charge is 0.272 e. The maximum Gasteiger partial charge on any atom is 0.272 e. The van der Waals surface area contributed by atoms with Crippen LogP contribution in [0.3, 0.4) is 0 Å². The first-order chi connectivity index (χ1) is 7.56. The number of rotatable bonds is 5. The number of hydrogen-bond acceptors (Lipinski definition) is 3. The first kappa shape index (κ1) is 12.6. The predicted octanol–water partition coefficient (Wildman–Crippen LogP) is 2.51. The molecule has 2 N–H and O–H groups in total. The van der Waals surface area contributed by atoms with Crippen LogP contribution >= 0.6 is 0 Å². The third kappa shape index (κ3) is 3.03. The Labute approximate surface area is 95.6 Å². The molecule has 0 aliphatic rings. The maximum absolute atomic E-state index is 10.8. The van der Waals surface area contributed by atoms with Gasteiger partial charge in [-0.25, -0.2) is 0 Å². The largest absolute Gasteiger partial charge is 0.327 e. The molecule has 1 rings (SSSR count). The van der Waals surface area contributed by atoms with Gasteiger partial charge in [-0.2, -0.15) is 0 Å². The number of nitro benzene ring substituents is 1. The van der Waals surface area contributed by atoms with Gasteiger partial charge in [-0.3, -0.25) is 10.1 Å². The van der Waals surface area contributed by atoms with Crippen LogP contribution in [0.1, 0.15) is 25.8 Å². The van der Waals surface area contributed by atoms with Crippen molar-refractivity contribution in [2.75, 3.05) is 0 Å². The first-order valence-corrected chi connectivity index (χ1v) is 5.54. The normalized spacial score (nSPS) is 14.4. The van der Waals surface area contributed by atoms with E-state index in [1.165, 1.54) is 0 Å². The topological polar surface area (TPSA) is 69.2 Å². The second-order valence-corrected chi connectivity index (χ2v) is 4.14. The highest BCUT2D eigenvalue weighted by Crippen LogP contribution is 2.22. The molecule has 2 atom stereocenters. The molecule has 4 nitrogen and oxygen atoms in total. The minimum Gasteiger partial charge on any atom is -0.327 e. The molecule has 0 saturated carbocycles. The summed E-state index contributed by atoms with van der Waals surface area (Å²) in [5, 5.41) is 10.8. The van der Waals surface area contributed by atoms with Gasteiger partial charge in [0.25, 0.3) is 5.69 Å². The van der Waals surface area contributed by atoms with Crippen molar-refractivity contribution in [3.8, 4) is 0 Å². The van der Waals surface area contributed by atoms with E-state index in [-0.39, 0.29) is 22.6 Å². The predicted molar refractivity (Wildman–Crippen MR) is 64.2 cm³/mol. The number of para-hydroxylation sites is 1. The van der Waals surface area contributed by atoms with Gasteiger partial charge in [0.05, 0.1) is 4.92 Å². The molecule has 0 aliphatic heterocycles. The molecule has 88 valence electrons. The molecule has 0 heterocycles. The number of nitrogens with two attached hydrogens (primary N) is 1. The Hall–Kier alpha value is -1.42. The summed E-state index contributed by atoms with van der Waals surface area (Å²) in [4.78, 5) is 10.5. The zero-order valence-corrected chi connectivity index (χ0v) is 9.72. The number of hydrogen-bond donors (Lipinski definition) is 1. The van der Waals surface area contributed by atoms with Crippen LogP contribution < -0.4 is 5.73 Å². The lowest BCUT2D eigenvalue weighted by molar-refractivity contribution is -0.385. The van der Waals surface area contributed by atoms with Crippen LogP contribution in [0.5, 0.6) is 0 Å². The van der Waals surface area contributed by atoms with Crippen molar-refractivity contribution in [1.82, 2.24) is 0 Å². The van der Waals surface area contributed by atoms with Crippen LogP contribution in [0.4, 0.5) is 5.69 Å². The van der Waals surface area contributed by atoms with Crippen LogP contribution in [0, 0.1) is 16.0 Å². The molecular formula is C12H18N2O2. The van der Waals surface area contributed by atoms with Gasteiger partial charge in [0.2, 0.25) is 0 Å². The standard InChI is InChI=1S/C12H18N2O2/c1-3-11(13)9(2)8-10-6-4-5-7-12(10)14(15)16/h4-7,9,11H,3,8,13H2,1-2H3. The Morgan fingerprint density at radius 1 is 1.44 bits per heavy atom. The zero-order valence-electron chi connectivity index (χ0n) is 9.72. The highest BCUT2D eigenvalue weighted by atomic mass is 16.6. The van der Waals surface area contributed by atoms with E-state index in [4.69, 9.17) is 5.73 Å². The van der Waals surface area contributed by atoms with Crippen LogP contribution in [-0.2, 0) is 6.42 Å². The molecule has 0 saturated heterocycles. The molecule has 0 radical (unpaired) electrons. The van der Waals surface area contributed by atoms with Gasteiger partial charge < -0.3 is 5.73 Å². The Kier molecular flexibility index (Phi) is 4.43. The van der Waals surface area contributed by atoms with Crippen molar-refractivity contribution in [1.29, 1.82) is 0 Å². The van der Waals surface area contributed by atoms with Crippen molar-refractivity contribution >= 4 is 5.69 Å². The van der Waals surface area contributed by atoms with Crippen molar-refractivity contribution in [3.63, 3.8) is 0 Å². The summed E-state index contributed by atoms with van der Waals surface area (Å²) >= 11 is 0. The minimum absolute atomic E-state index is 0.0970. The number of nitro groups is 1. The van der Waals surface area contributed by atoms with E-state index >= 15 is 0 Å². The molecular weight excluding hydrogens is 204 g/mol. The summed E-state index contributed by atoms with van der Waals surface area (Å²) in [5.41, 5.74) is 6.88. The second kappa shape index (κ2) is 5.61. The van der Waals surface area contributed by atoms with Gasteiger partial charge in [0.1, 0.15) is 0 Å². The lowest BCUT2D eigenvalue weighted by Crippen LogP contribution is -2.28. The quantitative estimate of drug-likeness (QED) is 0.614. The minimum atomic E-state index is -0.334. The molecule has 0 fully saturated rings. The summed E-state index contributed by atoms with van der Waals surface area (Å²) in [5.74, 6) is 0.256. The van der Waals surface area contributed by atoms with E-state index in [9.17, 15) is 10.1 Å². The summed E-state index contributed by atoms with van der Waals surface area (Å²) in [6.45, 7) is 4.06. The Balaban J connectivity index is 2.84. The highest BCUT2D eigenvalue weighted by molar-refractivity contribution is 5.40. The van der Waals surface area contributed by atoms with E-state index in [0.717, 1.165) is 12.0 Å². The van der Waals surface area contributed by atoms with E-state index < -0.39 is 0 Å². The number of nitrogens with zero attached hydrogens (tertiary/aromatic N) is 1. The van der Waals surface area contributed by atoms with Crippen LogP contribution in [0.15, 0.2) is 24.3 Å². The van der Waals surface area contributed by atoms with E-state index in [2.05, 4.69) is 0 Å². The summed E-state index contributed by atoms with van der Waals surface area (Å²) in [6, 6.07) is 6.95. The van der Waals surface area contributed by atoms with Crippen molar-refractivity contribution in [3.05, 3.63) is 39.9 Å². The molecule has 16 heavy (non-hydrogen) atoms. The van der Waals surface area contributed by atoms with Gasteiger partial charge in [0.15, 0.2) is 0 Å². The molecule has 0 amide bonds. The van der Waals surface area contributed by atoms with Gasteiger partial charge >= 0.3 is 0 Å². The fourth-order valence-electron chi connectivity index (χ4n) is 1.76. The van der Waals surface area contributed by atoms with E-state index in [0.29, 0.717) is 6.42 Å². The fraction of sp³-hybridized carbons (Fsp3) is 0.500. The van der Waals surface area contributed by atoms with Gasteiger partial charge in [-0.1, -0.05) is 32.0 Å². The molecule has 4 heteroatoms. The summed E-state index contributed by atoms with van der Waals surface area (Å²) in [6.07, 6.45) is 1.55. The molecule has 0 aliphatic carbocycles. The summed E-state index contributed by atoms with van der Waals surface area (Å²) in [7, 11) is 0. The van der Waals surface area contributed by atoms with Gasteiger partial charge in [-0.15, -0.1) is 0 Å². The monoisotopic (exact) mass is 222 g/mol. The van der Waals surface area contributed by atoms with Crippen LogP contribution in [-0.4, -0.2) is 11.0 Å². The van der Waals surface area contributed by atoms with Gasteiger partial charge in [-0.05, 0) is 18.8 Å². The molecule has 1 aromatic carbocycles. The molecule has 2 unspecified atom stereocenters. The lowest BCUT2D eigenvalue weighted by Gasteiger charge is -2.17. The third-order valence-corrected chi connectivity index (χ3v) is 2.93. The highest BCUT2D eigenvalue weighted by Gasteiger charge is 2.17. The van der Waals surface area contributed by atoms with Crippen molar-refractivity contribution in [2.24, 2.45) is 11.7 Å². The summed E-state index contributed by atoms with van der Waals surface area (Å²) < 4.78 is 0. The second-order valence-electron chi connectivity index (χ2n) is 4.14. The number of benzene rings is 1. The Bertz CT molecular complexity index is 366. The van der Waals surface area contributed by atoms with E-state index in [1.807, 2.05) is 19.9 Å². The van der Waals surface area contributed by atoms with E-state index in [1.54, 1.807) is 18.2 Å². The molecule has 0 bridgehead atoms. The third-order valence-electron chi connectivity index (χ3n) is 2.93. The average molecular weight is 222 g/mol. The van der Waals surface area contributed by atoms with Crippen molar-refractivity contribution in [2.45, 2.75) is 32.7 Å². The van der Waals surface area contributed by atoms with Crippen LogP contribution in [0.2, 0.25) is 0 Å². The Morgan fingerprint density at radius 3 is 2.62 bits per heavy atom. The van der Waals surface area contributed by atoms with Gasteiger partial charge in [0, 0.05) is 17.7 Å². The SMILES string of the molecule is CCC(N)C(C)Cc1ccccc1[N+](=O)[O-]. The zero-order chi connectivity index (χ0) is 12.1. The molecule has 0 aromatic heterocycles. The van der Waals surface area contributed by atoms with Crippen molar-refractivity contribution < 1.29 is 4.92 Å².